The summed E-state index contributed by atoms with van der Waals surface area (Å²) in [5.41, 5.74) is 0. The van der Waals surface area contributed by atoms with E-state index in [1.165, 1.54) is 0 Å². The van der Waals surface area contributed by atoms with E-state index in [1.807, 2.05) is 24.5 Å². The number of rotatable bonds is 5. The van der Waals surface area contributed by atoms with Crippen LogP contribution in [0, 0.1) is 0 Å². The van der Waals surface area contributed by atoms with E-state index in [1.54, 1.807) is 6.07 Å². The first-order valence-corrected chi connectivity index (χ1v) is 6.04. The number of anilines is 1. The normalized spacial score (nSPS) is 10.5. The van der Waals surface area contributed by atoms with Crippen LogP contribution in [0.4, 0.5) is 5.82 Å². The van der Waals surface area contributed by atoms with Gasteiger partial charge in [0.2, 0.25) is 0 Å². The fraction of sp³-hybridized carbons (Fsp3) is 0.333. The van der Waals surface area contributed by atoms with Gasteiger partial charge in [0.25, 0.3) is 0 Å². The van der Waals surface area contributed by atoms with Gasteiger partial charge in [-0.15, -0.1) is 0 Å². The molecule has 17 heavy (non-hydrogen) atoms. The van der Waals surface area contributed by atoms with Crippen molar-refractivity contribution in [2.75, 3.05) is 5.32 Å². The molecule has 2 aromatic heterocycles. The average Bonchev–Trinajstić information content (AvgIpc) is 2.75. The molecule has 0 aliphatic rings. The van der Waals surface area contributed by atoms with Crippen molar-refractivity contribution in [3.63, 3.8) is 0 Å². The highest BCUT2D eigenvalue weighted by atomic mass is 35.5. The Kier molecular flexibility index (Phi) is 3.98. The molecule has 0 bridgehead atoms. The molecule has 90 valence electrons. The lowest BCUT2D eigenvalue weighted by Crippen LogP contribution is -2.09. The molecule has 0 saturated carbocycles. The molecule has 0 atom stereocenters. The molecule has 0 aliphatic heterocycles. The predicted molar refractivity (Wildman–Crippen MR) is 69.1 cm³/mol. The largest absolute Gasteiger partial charge is 0.363 e. The van der Waals surface area contributed by atoms with E-state index in [-0.39, 0.29) is 0 Å². The molecule has 0 amide bonds. The molecule has 0 aliphatic carbocycles. The van der Waals surface area contributed by atoms with Crippen LogP contribution in [0.3, 0.4) is 0 Å². The van der Waals surface area contributed by atoms with Gasteiger partial charge >= 0.3 is 0 Å². The van der Waals surface area contributed by atoms with E-state index < -0.39 is 0 Å². The van der Waals surface area contributed by atoms with E-state index in [9.17, 15) is 0 Å². The van der Waals surface area contributed by atoms with Crippen molar-refractivity contribution in [1.82, 2.24) is 14.5 Å². The molecule has 0 aromatic carbocycles. The molecule has 4 nitrogen and oxygen atoms in total. The minimum Gasteiger partial charge on any atom is -0.363 e. The van der Waals surface area contributed by atoms with Gasteiger partial charge in [-0.2, -0.15) is 0 Å². The van der Waals surface area contributed by atoms with Crippen molar-refractivity contribution in [3.05, 3.63) is 41.6 Å². The van der Waals surface area contributed by atoms with Crippen molar-refractivity contribution < 1.29 is 0 Å². The highest BCUT2D eigenvalue weighted by molar-refractivity contribution is 6.29. The van der Waals surface area contributed by atoms with Gasteiger partial charge in [-0.25, -0.2) is 9.97 Å². The van der Waals surface area contributed by atoms with Crippen LogP contribution < -0.4 is 5.32 Å². The lowest BCUT2D eigenvalue weighted by atomic mass is 10.4. The van der Waals surface area contributed by atoms with Crippen LogP contribution in [0.2, 0.25) is 5.15 Å². The summed E-state index contributed by atoms with van der Waals surface area (Å²) in [5.74, 6) is 1.78. The van der Waals surface area contributed by atoms with Gasteiger partial charge in [0, 0.05) is 18.9 Å². The fourth-order valence-corrected chi connectivity index (χ4v) is 1.79. The van der Waals surface area contributed by atoms with Crippen LogP contribution in [0.5, 0.6) is 0 Å². The number of aryl methyl sites for hydroxylation is 1. The zero-order valence-electron chi connectivity index (χ0n) is 9.73. The Hall–Kier alpha value is -1.55. The van der Waals surface area contributed by atoms with Gasteiger partial charge in [0.1, 0.15) is 16.8 Å². The van der Waals surface area contributed by atoms with E-state index in [0.717, 1.165) is 24.6 Å². The Morgan fingerprint density at radius 1 is 1.41 bits per heavy atom. The smallest absolute Gasteiger partial charge is 0.131 e. The molecule has 5 heteroatoms. The Balaban J connectivity index is 1.99. The summed E-state index contributed by atoms with van der Waals surface area (Å²) in [6.45, 7) is 3.79. The number of nitrogens with zero attached hydrogens (tertiary/aromatic N) is 3. The van der Waals surface area contributed by atoms with Crippen LogP contribution in [0.25, 0.3) is 0 Å². The summed E-state index contributed by atoms with van der Waals surface area (Å²) in [7, 11) is 0. The quantitative estimate of drug-likeness (QED) is 0.830. The summed E-state index contributed by atoms with van der Waals surface area (Å²) in [6.07, 6.45) is 4.91. The van der Waals surface area contributed by atoms with Crippen molar-refractivity contribution in [1.29, 1.82) is 0 Å². The van der Waals surface area contributed by atoms with Crippen LogP contribution in [0.1, 0.15) is 19.2 Å². The Morgan fingerprint density at radius 3 is 3.06 bits per heavy atom. The van der Waals surface area contributed by atoms with Crippen molar-refractivity contribution in [2.45, 2.75) is 26.4 Å². The highest BCUT2D eigenvalue weighted by Gasteiger charge is 2.02. The Morgan fingerprint density at radius 2 is 2.29 bits per heavy atom. The maximum Gasteiger partial charge on any atom is 0.131 e. The third-order valence-corrected chi connectivity index (χ3v) is 2.62. The molecule has 0 unspecified atom stereocenters. The summed E-state index contributed by atoms with van der Waals surface area (Å²) in [4.78, 5) is 8.48. The van der Waals surface area contributed by atoms with Crippen LogP contribution >= 0.6 is 11.6 Å². The second-order valence-electron chi connectivity index (χ2n) is 3.74. The van der Waals surface area contributed by atoms with Gasteiger partial charge in [-0.05, 0) is 18.6 Å². The summed E-state index contributed by atoms with van der Waals surface area (Å²) < 4.78 is 2.14. The molecule has 0 fully saturated rings. The third-order valence-electron chi connectivity index (χ3n) is 2.41. The Labute approximate surface area is 106 Å². The summed E-state index contributed by atoms with van der Waals surface area (Å²) in [5, 5.41) is 3.70. The molecule has 2 aromatic rings. The van der Waals surface area contributed by atoms with E-state index >= 15 is 0 Å². The molecule has 0 spiro atoms. The number of pyridine rings is 1. The van der Waals surface area contributed by atoms with Gasteiger partial charge in [-0.1, -0.05) is 24.6 Å². The van der Waals surface area contributed by atoms with Crippen LogP contribution in [-0.4, -0.2) is 14.5 Å². The van der Waals surface area contributed by atoms with Gasteiger partial charge in [0.15, 0.2) is 0 Å². The van der Waals surface area contributed by atoms with Crippen molar-refractivity contribution >= 4 is 17.4 Å². The van der Waals surface area contributed by atoms with E-state index in [4.69, 9.17) is 11.6 Å². The molecule has 2 heterocycles. The first-order valence-electron chi connectivity index (χ1n) is 5.66. The van der Waals surface area contributed by atoms with E-state index in [0.29, 0.717) is 11.7 Å². The average molecular weight is 251 g/mol. The number of aromatic nitrogens is 3. The van der Waals surface area contributed by atoms with Crippen LogP contribution in [-0.2, 0) is 13.1 Å². The van der Waals surface area contributed by atoms with Crippen molar-refractivity contribution in [3.8, 4) is 0 Å². The second kappa shape index (κ2) is 5.68. The number of hydrogen-bond donors (Lipinski definition) is 1. The maximum atomic E-state index is 5.81. The SMILES string of the molecule is CCCn1ccnc1CNc1cccc(Cl)n1. The fourth-order valence-electron chi connectivity index (χ4n) is 1.63. The van der Waals surface area contributed by atoms with Gasteiger partial charge in [-0.3, -0.25) is 0 Å². The molecular weight excluding hydrogens is 236 g/mol. The predicted octanol–water partition coefficient (Wildman–Crippen LogP) is 2.95. The molecule has 2 rings (SSSR count). The highest BCUT2D eigenvalue weighted by Crippen LogP contribution is 2.10. The lowest BCUT2D eigenvalue weighted by molar-refractivity contribution is 0.644. The molecule has 0 saturated heterocycles. The zero-order valence-corrected chi connectivity index (χ0v) is 10.5. The number of nitrogens with one attached hydrogen (secondary N) is 1. The zero-order chi connectivity index (χ0) is 12.1. The van der Waals surface area contributed by atoms with Gasteiger partial charge in [0.05, 0.1) is 6.54 Å². The van der Waals surface area contributed by atoms with Crippen LogP contribution in [0.15, 0.2) is 30.6 Å². The lowest BCUT2D eigenvalue weighted by Gasteiger charge is -2.08. The van der Waals surface area contributed by atoms with Crippen molar-refractivity contribution in [2.24, 2.45) is 0 Å². The van der Waals surface area contributed by atoms with E-state index in [2.05, 4.69) is 26.8 Å². The maximum absolute atomic E-state index is 5.81. The third kappa shape index (κ3) is 3.20. The first kappa shape index (κ1) is 11.9. The molecule has 0 radical (unpaired) electrons. The topological polar surface area (TPSA) is 42.7 Å². The van der Waals surface area contributed by atoms with Gasteiger partial charge < -0.3 is 9.88 Å². The number of imidazole rings is 1. The standard InChI is InChI=1S/C12H15ClN4/c1-2-7-17-8-6-14-12(17)9-15-11-5-3-4-10(13)16-11/h3-6,8H,2,7,9H2,1H3,(H,15,16). The summed E-state index contributed by atoms with van der Waals surface area (Å²) >= 11 is 5.81. The number of halogens is 1. The summed E-state index contributed by atoms with van der Waals surface area (Å²) in [6, 6.07) is 5.51. The minimum atomic E-state index is 0.493. The monoisotopic (exact) mass is 250 g/mol. The first-order chi connectivity index (χ1) is 8.29. The minimum absolute atomic E-state index is 0.493. The second-order valence-corrected chi connectivity index (χ2v) is 4.12. The Bertz CT molecular complexity index is 481. The molecular formula is C12H15ClN4. The molecule has 1 N–H and O–H groups in total. The number of hydrogen-bond acceptors (Lipinski definition) is 3.